The van der Waals surface area contributed by atoms with Gasteiger partial charge in [0.1, 0.15) is 6.61 Å². The van der Waals surface area contributed by atoms with Gasteiger partial charge in [-0.1, -0.05) is 45.9 Å². The van der Waals surface area contributed by atoms with Crippen LogP contribution in [0.2, 0.25) is 0 Å². The quantitative estimate of drug-likeness (QED) is 0.450. The van der Waals surface area contributed by atoms with Gasteiger partial charge in [0, 0.05) is 24.9 Å². The third kappa shape index (κ3) is 4.05. The van der Waals surface area contributed by atoms with Gasteiger partial charge in [-0.15, -0.1) is 0 Å². The van der Waals surface area contributed by atoms with Crippen molar-refractivity contribution in [2.24, 2.45) is 34.6 Å². The first-order valence-electron chi connectivity index (χ1n) is 13.8. The zero-order valence-electron chi connectivity index (χ0n) is 21.4. The first kappa shape index (κ1) is 22.5. The molecule has 0 N–H and O–H groups in total. The molecule has 0 aromatic heterocycles. The van der Waals surface area contributed by atoms with Gasteiger partial charge in [-0.3, -0.25) is 0 Å². The molecule has 1 atom stereocenters. The zero-order chi connectivity index (χ0) is 23.4. The molecule has 2 heterocycles. The van der Waals surface area contributed by atoms with Crippen LogP contribution in [-0.4, -0.2) is 30.0 Å². The van der Waals surface area contributed by atoms with Crippen LogP contribution in [0, 0.1) is 36.3 Å². The molecule has 4 nitrogen and oxygen atoms in total. The van der Waals surface area contributed by atoms with Crippen LogP contribution in [0.1, 0.15) is 89.2 Å². The predicted octanol–water partition coefficient (Wildman–Crippen LogP) is 6.78. The molecule has 6 aliphatic rings. The number of anilines is 1. The second-order valence-corrected chi connectivity index (χ2v) is 12.2. The van der Waals surface area contributed by atoms with Crippen molar-refractivity contribution in [3.05, 3.63) is 48.4 Å². The minimum atomic E-state index is 0.297. The van der Waals surface area contributed by atoms with E-state index in [0.29, 0.717) is 23.8 Å². The Morgan fingerprint density at radius 2 is 1.59 bits per heavy atom. The highest BCUT2D eigenvalue weighted by Gasteiger charge is 2.51. The number of nitrogens with zero attached hydrogens (tertiary/aromatic N) is 3. The zero-order valence-corrected chi connectivity index (χ0v) is 21.4. The van der Waals surface area contributed by atoms with Crippen LogP contribution in [0.3, 0.4) is 0 Å². The van der Waals surface area contributed by atoms with Crippen molar-refractivity contribution in [3.63, 3.8) is 0 Å². The fraction of sp³-hybridized carbons (Fsp3) is 0.667. The highest BCUT2D eigenvalue weighted by Crippen LogP contribution is 2.57. The smallest absolute Gasteiger partial charge is 0.212 e. The first-order valence-corrected chi connectivity index (χ1v) is 13.8. The molecule has 1 aromatic carbocycles. The molecule has 7 rings (SSSR count). The number of rotatable bonds is 7. The molecule has 4 aliphatic carbocycles. The lowest BCUT2D eigenvalue weighted by atomic mass is 9.52. The average molecular weight is 460 g/mol. The van der Waals surface area contributed by atoms with Crippen LogP contribution in [0.15, 0.2) is 35.6 Å². The molecule has 34 heavy (non-hydrogen) atoms. The topological polar surface area (TPSA) is 28.1 Å². The Bertz CT molecular complexity index is 910. The number of para-hydroxylation sites is 1. The van der Waals surface area contributed by atoms with Gasteiger partial charge in [-0.2, -0.15) is 0 Å². The highest BCUT2D eigenvalue weighted by molar-refractivity contribution is 5.81. The van der Waals surface area contributed by atoms with Gasteiger partial charge >= 0.3 is 0 Å². The summed E-state index contributed by atoms with van der Waals surface area (Å²) < 4.78 is 6.26. The van der Waals surface area contributed by atoms with Crippen LogP contribution in [-0.2, 0) is 4.74 Å². The fourth-order valence-electron chi connectivity index (χ4n) is 7.77. The van der Waals surface area contributed by atoms with Gasteiger partial charge in [0.15, 0.2) is 5.90 Å². The van der Waals surface area contributed by atoms with Crippen molar-refractivity contribution >= 4 is 11.6 Å². The van der Waals surface area contributed by atoms with E-state index in [1.807, 2.05) is 0 Å². The summed E-state index contributed by atoms with van der Waals surface area (Å²) in [5, 5.41) is 0. The van der Waals surface area contributed by atoms with Gasteiger partial charge in [0.05, 0.1) is 11.7 Å². The van der Waals surface area contributed by atoms with Crippen molar-refractivity contribution in [1.82, 2.24) is 4.90 Å². The molecule has 1 aromatic rings. The normalized spacial score (nSPS) is 34.0. The second-order valence-electron chi connectivity index (χ2n) is 12.2. The van der Waals surface area contributed by atoms with E-state index in [4.69, 9.17) is 9.73 Å². The van der Waals surface area contributed by atoms with E-state index in [-0.39, 0.29) is 0 Å². The number of hydrogen-bond donors (Lipinski definition) is 0. The van der Waals surface area contributed by atoms with Gasteiger partial charge < -0.3 is 14.5 Å². The van der Waals surface area contributed by atoms with E-state index >= 15 is 0 Å². The Morgan fingerprint density at radius 3 is 2.21 bits per heavy atom. The van der Waals surface area contributed by atoms with E-state index in [9.17, 15) is 0 Å². The Kier molecular flexibility index (Phi) is 5.90. The lowest BCUT2D eigenvalue weighted by molar-refractivity contribution is -0.0154. The lowest BCUT2D eigenvalue weighted by Crippen LogP contribution is -2.48. The van der Waals surface area contributed by atoms with E-state index in [1.54, 1.807) is 0 Å². The Hall–Kier alpha value is -1.97. The maximum atomic E-state index is 6.26. The first-order chi connectivity index (χ1) is 16.5. The average Bonchev–Trinajstić information content (AvgIpc) is 3.46. The third-order valence-electron chi connectivity index (χ3n) is 9.16. The number of ether oxygens (including phenoxy) is 1. The summed E-state index contributed by atoms with van der Waals surface area (Å²) in [7, 11) is 0. The van der Waals surface area contributed by atoms with E-state index < -0.39 is 0 Å². The number of benzene rings is 1. The Morgan fingerprint density at radius 1 is 0.941 bits per heavy atom. The van der Waals surface area contributed by atoms with Crippen molar-refractivity contribution in [2.45, 2.75) is 84.1 Å². The summed E-state index contributed by atoms with van der Waals surface area (Å²) >= 11 is 0. The van der Waals surface area contributed by atoms with E-state index in [1.165, 1.54) is 48.9 Å². The monoisotopic (exact) mass is 459 g/mol. The summed E-state index contributed by atoms with van der Waals surface area (Å²) in [4.78, 5) is 9.56. The Balaban J connectivity index is 1.08. The minimum Gasteiger partial charge on any atom is -0.478 e. The number of hydrogen-bond acceptors (Lipinski definition) is 4. The molecule has 0 amide bonds. The SMILES string of the molecule is CC(C)c1cccc(C(C)C)c1N1[C]N(CC[C@@H]2COC(C3C4CC5CC(C4)CC3C5)=N2)C=C1. The fourth-order valence-corrected chi connectivity index (χ4v) is 7.77. The maximum absolute atomic E-state index is 6.26. The molecule has 0 spiro atoms. The maximum Gasteiger partial charge on any atom is 0.212 e. The van der Waals surface area contributed by atoms with Gasteiger partial charge in [-0.05, 0) is 85.2 Å². The van der Waals surface area contributed by atoms with Crippen LogP contribution in [0.25, 0.3) is 0 Å². The summed E-state index contributed by atoms with van der Waals surface area (Å²) in [6, 6.07) is 7.02. The van der Waals surface area contributed by atoms with Crippen molar-refractivity contribution in [1.29, 1.82) is 0 Å². The molecule has 0 unspecified atom stereocenters. The molecule has 4 heteroatoms. The van der Waals surface area contributed by atoms with Gasteiger partial charge in [-0.25, -0.2) is 4.99 Å². The van der Waals surface area contributed by atoms with E-state index in [2.05, 4.69) is 74.8 Å². The van der Waals surface area contributed by atoms with Crippen molar-refractivity contribution in [3.8, 4) is 0 Å². The van der Waals surface area contributed by atoms with Crippen molar-refractivity contribution < 1.29 is 4.74 Å². The highest BCUT2D eigenvalue weighted by atomic mass is 16.5. The van der Waals surface area contributed by atoms with Crippen molar-refractivity contribution in [2.75, 3.05) is 18.1 Å². The van der Waals surface area contributed by atoms with E-state index in [0.717, 1.165) is 49.1 Å². The predicted molar refractivity (Wildman–Crippen MR) is 139 cm³/mol. The summed E-state index contributed by atoms with van der Waals surface area (Å²) in [5.41, 5.74) is 4.08. The van der Waals surface area contributed by atoms with Crippen LogP contribution >= 0.6 is 0 Å². The summed E-state index contributed by atoms with van der Waals surface area (Å²) in [6.07, 6.45) is 12.6. The Labute approximate surface area is 206 Å². The largest absolute Gasteiger partial charge is 0.478 e. The molecule has 2 aliphatic heterocycles. The molecule has 4 bridgehead atoms. The van der Waals surface area contributed by atoms with Crippen LogP contribution in [0.5, 0.6) is 0 Å². The van der Waals surface area contributed by atoms with Gasteiger partial charge in [0.2, 0.25) is 6.67 Å². The molecule has 2 radical (unpaired) electrons. The number of aliphatic imine (C=N–C) groups is 1. The molecule has 4 saturated carbocycles. The summed E-state index contributed by atoms with van der Waals surface area (Å²) in [5.74, 6) is 6.41. The lowest BCUT2D eigenvalue weighted by Gasteiger charge is -2.53. The third-order valence-corrected chi connectivity index (χ3v) is 9.16. The van der Waals surface area contributed by atoms with Crippen LogP contribution < -0.4 is 4.90 Å². The molecule has 4 fully saturated rings. The van der Waals surface area contributed by atoms with Gasteiger partial charge in [0.25, 0.3) is 0 Å². The molecule has 0 saturated heterocycles. The summed E-state index contributed by atoms with van der Waals surface area (Å²) in [6.45, 7) is 14.4. The molecular weight excluding hydrogens is 418 g/mol. The minimum absolute atomic E-state index is 0.297. The standard InChI is InChI=1S/C30H41N3O/c1-19(2)26-6-5-7-27(20(3)4)29(26)33-11-10-32(18-33)9-8-25-17-34-30(31-25)28-23-13-21-12-22(15-23)16-24(28)14-21/h5-7,10-11,19-25,28H,8-9,12-17H2,1-4H3/t21?,22?,23?,24?,25-,28?/m1/s1. The molecule has 182 valence electrons. The second kappa shape index (κ2) is 8.91. The van der Waals surface area contributed by atoms with Crippen LogP contribution in [0.4, 0.5) is 5.69 Å². The molecular formula is C30H41N3O.